The van der Waals surface area contributed by atoms with Gasteiger partial charge in [-0.1, -0.05) is 0 Å². The van der Waals surface area contributed by atoms with Gasteiger partial charge in [0.15, 0.2) is 21.8 Å². The Morgan fingerprint density at radius 3 is 2.47 bits per heavy atom. The van der Waals surface area contributed by atoms with Gasteiger partial charge in [-0.15, -0.1) is 0 Å². The van der Waals surface area contributed by atoms with Gasteiger partial charge in [-0.25, -0.2) is 17.2 Å². The van der Waals surface area contributed by atoms with Crippen LogP contribution in [0.15, 0.2) is 6.07 Å². The molecule has 1 N–H and O–H groups in total. The average molecular weight is 316 g/mol. The Hall–Kier alpha value is -0.264. The number of aromatic hydroxyl groups is 1. The van der Waals surface area contributed by atoms with Crippen LogP contribution in [-0.2, 0) is 15.0 Å². The second kappa shape index (κ2) is 5.62. The molecule has 0 bridgehead atoms. The molecule has 1 aliphatic rings. The van der Waals surface area contributed by atoms with Gasteiger partial charge >= 0.3 is 51.4 Å². The molecule has 98 valence electrons. The third-order valence-electron chi connectivity index (χ3n) is 2.44. The predicted octanol–water partition coefficient (Wildman–Crippen LogP) is -2.05. The van der Waals surface area contributed by atoms with Gasteiger partial charge in [-0.05, 0) is 6.92 Å². The monoisotopic (exact) mass is 316 g/mol. The minimum absolute atomic E-state index is 0. The molecule has 0 radical (unpaired) electrons. The Labute approximate surface area is 150 Å². The van der Waals surface area contributed by atoms with Crippen molar-refractivity contribution >= 4 is 21.8 Å². The number of carbonyl (C=O) groups excluding carboxylic acids is 1. The molecule has 1 saturated heterocycles. The topological polar surface area (TPSA) is 88.8 Å². The van der Waals surface area contributed by atoms with E-state index < -0.39 is 51.3 Å². The van der Waals surface area contributed by atoms with Gasteiger partial charge in [0.05, 0.1) is 18.1 Å². The molecule has 1 fully saturated rings. The molecule has 10 heteroatoms. The fourth-order valence-electron chi connectivity index (χ4n) is 1.50. The van der Waals surface area contributed by atoms with Gasteiger partial charge in [0.25, 0.3) is 0 Å². The number of phenolic OH excluding ortho intramolecular Hbond substituents is 1. The molecule has 1 aromatic rings. The zero-order valence-electron chi connectivity index (χ0n) is 10.0. The molecule has 0 aliphatic carbocycles. The summed E-state index contributed by atoms with van der Waals surface area (Å²) in [6, 6.07) is 0.638. The first-order valence-electron chi connectivity index (χ1n) is 4.70. The molecule has 1 heterocycles. The van der Waals surface area contributed by atoms with Crippen molar-refractivity contribution in [3.63, 3.8) is 0 Å². The molecule has 1 aliphatic heterocycles. The first kappa shape index (κ1) is 16.8. The summed E-state index contributed by atoms with van der Waals surface area (Å²) in [5.74, 6) is -4.33. The van der Waals surface area contributed by atoms with Crippen molar-refractivity contribution in [2.24, 2.45) is 0 Å². The summed E-state index contributed by atoms with van der Waals surface area (Å²) in [6.45, 7) is 0.389. The van der Waals surface area contributed by atoms with Crippen molar-refractivity contribution in [3.8, 4) is 5.75 Å². The molecule has 0 saturated carbocycles. The van der Waals surface area contributed by atoms with E-state index in [1.54, 1.807) is 0 Å². The van der Waals surface area contributed by atoms with E-state index in [0.717, 1.165) is 6.92 Å². The van der Waals surface area contributed by atoms with Crippen LogP contribution in [0.25, 0.3) is 4.72 Å². The van der Waals surface area contributed by atoms with Crippen LogP contribution >= 0.6 is 0 Å². The Kier molecular flexibility index (Phi) is 4.96. The van der Waals surface area contributed by atoms with Crippen LogP contribution in [0.3, 0.4) is 0 Å². The first-order valence-corrected chi connectivity index (χ1v) is 6.10. The van der Waals surface area contributed by atoms with Crippen LogP contribution in [-0.4, -0.2) is 26.0 Å². The van der Waals surface area contributed by atoms with E-state index in [2.05, 4.69) is 4.72 Å². The Balaban J connectivity index is 0.00000180. The Bertz CT molecular complexity index is 650. The minimum Gasteiger partial charge on any atom is -0.526 e. The number of amides is 1. The number of hydrogen-bond acceptors (Lipinski definition) is 4. The van der Waals surface area contributed by atoms with E-state index in [4.69, 9.17) is 0 Å². The van der Waals surface area contributed by atoms with Gasteiger partial charge < -0.3 is 14.6 Å². The Morgan fingerprint density at radius 1 is 1.42 bits per heavy atom. The summed E-state index contributed by atoms with van der Waals surface area (Å²) < 4.78 is 52.7. The second-order valence-electron chi connectivity index (χ2n) is 3.63. The van der Waals surface area contributed by atoms with Crippen LogP contribution in [0.1, 0.15) is 5.56 Å². The van der Waals surface area contributed by atoms with Crippen molar-refractivity contribution in [2.45, 2.75) is 6.92 Å². The third-order valence-corrected chi connectivity index (χ3v) is 3.76. The quantitative estimate of drug-likeness (QED) is 0.604. The van der Waals surface area contributed by atoms with Gasteiger partial charge in [0.1, 0.15) is 5.82 Å². The van der Waals surface area contributed by atoms with Gasteiger partial charge in [-0.3, -0.25) is 4.31 Å². The van der Waals surface area contributed by atoms with E-state index in [9.17, 15) is 27.1 Å². The maximum atomic E-state index is 13.4. The summed E-state index contributed by atoms with van der Waals surface area (Å²) >= 11 is 0. The molecule has 1 amide bonds. The van der Waals surface area contributed by atoms with E-state index in [0.29, 0.717) is 10.4 Å². The number of benzene rings is 1. The van der Waals surface area contributed by atoms with Gasteiger partial charge in [0.2, 0.25) is 0 Å². The summed E-state index contributed by atoms with van der Waals surface area (Å²) in [5.41, 5.74) is -1.10. The Morgan fingerprint density at radius 2 is 2.00 bits per heavy atom. The number of phenols is 1. The summed E-state index contributed by atoms with van der Waals surface area (Å²) in [5, 5.41) is 9.48. The number of nitrogens with zero attached hydrogens (tertiary/aromatic N) is 2. The van der Waals surface area contributed by atoms with Crippen LogP contribution in [0, 0.1) is 18.6 Å². The van der Waals surface area contributed by atoms with Gasteiger partial charge in [0, 0.05) is 11.6 Å². The number of carbonyl (C=O) groups is 1. The first-order chi connectivity index (χ1) is 8.24. The fraction of sp³-hybridized carbons (Fsp3) is 0.222. The fourth-order valence-corrected chi connectivity index (χ4v) is 2.58. The molecule has 0 spiro atoms. The standard InChI is InChI=1S/C9H8F2N2O4S.K/c1-4-5(10)2-6(9(15)8(4)11)13-3-7(14)12-18(13,16)17;/h2H,3H2,1H3,(H2,12,14,15);/q;+1/p-1. The van der Waals surface area contributed by atoms with Crippen LogP contribution in [0.4, 0.5) is 14.5 Å². The molecule has 0 aromatic heterocycles. The van der Waals surface area contributed by atoms with E-state index in [1.807, 2.05) is 0 Å². The molecule has 6 nitrogen and oxygen atoms in total. The van der Waals surface area contributed by atoms with Crippen molar-refractivity contribution < 1.29 is 78.5 Å². The van der Waals surface area contributed by atoms with Crippen LogP contribution < -0.4 is 55.7 Å². The summed E-state index contributed by atoms with van der Waals surface area (Å²) in [6.07, 6.45) is 0. The van der Waals surface area contributed by atoms with E-state index >= 15 is 0 Å². The molecule has 0 unspecified atom stereocenters. The smallest absolute Gasteiger partial charge is 0.526 e. The summed E-state index contributed by atoms with van der Waals surface area (Å²) in [7, 11) is -4.34. The molecule has 1 aromatic carbocycles. The van der Waals surface area contributed by atoms with E-state index in [1.165, 1.54) is 0 Å². The maximum Gasteiger partial charge on any atom is 1.00 e. The van der Waals surface area contributed by atoms with Crippen LogP contribution in [0.5, 0.6) is 5.75 Å². The summed E-state index contributed by atoms with van der Waals surface area (Å²) in [4.78, 5) is 10.9. The molecule has 19 heavy (non-hydrogen) atoms. The molecule has 2 rings (SSSR count). The largest absolute Gasteiger partial charge is 1.00 e. The molecular weight excluding hydrogens is 309 g/mol. The second-order valence-corrected chi connectivity index (χ2v) is 5.15. The average Bonchev–Trinajstić information content (AvgIpc) is 2.54. The van der Waals surface area contributed by atoms with Crippen molar-refractivity contribution in [1.82, 2.24) is 0 Å². The van der Waals surface area contributed by atoms with Crippen LogP contribution in [0.2, 0.25) is 0 Å². The third kappa shape index (κ3) is 2.93. The normalized spacial score (nSPS) is 17.0. The minimum atomic E-state index is -4.34. The SMILES string of the molecule is Cc1c(F)cc(N2CC(=O)[N-]S2(=O)=O)c(O)c1F.[K+]. The molecule has 0 atom stereocenters. The number of hydrogen-bond donors (Lipinski definition) is 1. The van der Waals surface area contributed by atoms with Crippen molar-refractivity contribution in [2.75, 3.05) is 10.8 Å². The number of anilines is 1. The maximum absolute atomic E-state index is 13.4. The van der Waals surface area contributed by atoms with Crippen molar-refractivity contribution in [1.29, 1.82) is 0 Å². The van der Waals surface area contributed by atoms with E-state index in [-0.39, 0.29) is 51.4 Å². The number of halogens is 2. The van der Waals surface area contributed by atoms with Crippen molar-refractivity contribution in [3.05, 3.63) is 28.0 Å². The predicted molar refractivity (Wildman–Crippen MR) is 57.4 cm³/mol. The number of rotatable bonds is 1. The zero-order chi connectivity index (χ0) is 13.7. The zero-order valence-corrected chi connectivity index (χ0v) is 14.0. The molecular formula is C9H7F2KN2O4S. The van der Waals surface area contributed by atoms with Gasteiger partial charge in [-0.2, -0.15) is 0 Å².